The van der Waals surface area contributed by atoms with Gasteiger partial charge in [0.15, 0.2) is 6.10 Å². The monoisotopic (exact) mass is 295 g/mol. The van der Waals surface area contributed by atoms with Crippen LogP contribution in [0, 0.1) is 5.92 Å². The van der Waals surface area contributed by atoms with Gasteiger partial charge in [0.1, 0.15) is 0 Å². The second-order valence-corrected chi connectivity index (χ2v) is 5.96. The van der Waals surface area contributed by atoms with Gasteiger partial charge in [0, 0.05) is 6.04 Å². The molecule has 2 N–H and O–H groups in total. The van der Waals surface area contributed by atoms with Crippen molar-refractivity contribution in [3.05, 3.63) is 71.8 Å². The molecule has 2 aromatic carbocycles. The topological polar surface area (TPSA) is 49.3 Å². The molecule has 1 fully saturated rings. The van der Waals surface area contributed by atoms with Gasteiger partial charge in [-0.3, -0.25) is 4.79 Å². The highest BCUT2D eigenvalue weighted by Crippen LogP contribution is 2.34. The number of hydrogen-bond acceptors (Lipinski definition) is 2. The summed E-state index contributed by atoms with van der Waals surface area (Å²) in [6, 6.07) is 19.4. The van der Waals surface area contributed by atoms with Gasteiger partial charge in [-0.05, 0) is 36.3 Å². The molecular formula is C19H21NO2. The minimum atomic E-state index is -1.10. The molecule has 1 aliphatic carbocycles. The molecule has 1 saturated carbocycles. The molecule has 0 radical (unpaired) electrons. The summed E-state index contributed by atoms with van der Waals surface area (Å²) in [6.45, 7) is 0. The van der Waals surface area contributed by atoms with Gasteiger partial charge in [0.25, 0.3) is 5.91 Å². The summed E-state index contributed by atoms with van der Waals surface area (Å²) in [4.78, 5) is 12.3. The van der Waals surface area contributed by atoms with Crippen LogP contribution in [0.2, 0.25) is 0 Å². The third-order valence-electron chi connectivity index (χ3n) is 4.18. The third kappa shape index (κ3) is 3.74. The van der Waals surface area contributed by atoms with Crippen LogP contribution in [0.25, 0.3) is 0 Å². The van der Waals surface area contributed by atoms with E-state index in [4.69, 9.17) is 0 Å². The van der Waals surface area contributed by atoms with Gasteiger partial charge >= 0.3 is 0 Å². The van der Waals surface area contributed by atoms with Crippen molar-refractivity contribution in [1.29, 1.82) is 0 Å². The lowest BCUT2D eigenvalue weighted by Gasteiger charge is -2.21. The highest BCUT2D eigenvalue weighted by Gasteiger charge is 2.33. The summed E-state index contributed by atoms with van der Waals surface area (Å²) < 4.78 is 0. The lowest BCUT2D eigenvalue weighted by atomic mass is 10.0. The third-order valence-corrected chi connectivity index (χ3v) is 4.18. The van der Waals surface area contributed by atoms with Crippen molar-refractivity contribution < 1.29 is 9.90 Å². The normalized spacial score (nSPS) is 16.8. The van der Waals surface area contributed by atoms with Gasteiger partial charge in [-0.25, -0.2) is 0 Å². The first-order valence-electron chi connectivity index (χ1n) is 7.81. The van der Waals surface area contributed by atoms with Crippen molar-refractivity contribution in [2.24, 2.45) is 5.92 Å². The highest BCUT2D eigenvalue weighted by atomic mass is 16.3. The fourth-order valence-electron chi connectivity index (χ4n) is 2.75. The molecule has 2 aromatic rings. The SMILES string of the molecule is O=C(NC(Cc1ccccc1)C1CC1)C(O)c1ccccc1. The molecule has 1 aliphatic rings. The first-order chi connectivity index (χ1) is 10.7. The number of benzene rings is 2. The molecule has 0 saturated heterocycles. The van der Waals surface area contributed by atoms with Crippen molar-refractivity contribution in [1.82, 2.24) is 5.32 Å². The molecule has 114 valence electrons. The number of carbonyl (C=O) groups excluding carboxylic acids is 1. The van der Waals surface area contributed by atoms with Crippen LogP contribution >= 0.6 is 0 Å². The minimum absolute atomic E-state index is 0.105. The molecule has 1 amide bonds. The Morgan fingerprint density at radius 3 is 2.23 bits per heavy atom. The number of aliphatic hydroxyl groups excluding tert-OH is 1. The lowest BCUT2D eigenvalue weighted by molar-refractivity contribution is -0.130. The fourth-order valence-corrected chi connectivity index (χ4v) is 2.75. The van der Waals surface area contributed by atoms with Crippen LogP contribution in [0.3, 0.4) is 0 Å². The van der Waals surface area contributed by atoms with Gasteiger partial charge < -0.3 is 10.4 Å². The quantitative estimate of drug-likeness (QED) is 0.861. The van der Waals surface area contributed by atoms with Gasteiger partial charge in [0.2, 0.25) is 0 Å². The van der Waals surface area contributed by atoms with Crippen LogP contribution in [0.4, 0.5) is 0 Å². The van der Waals surface area contributed by atoms with E-state index in [0.29, 0.717) is 11.5 Å². The standard InChI is InChI=1S/C19H21NO2/c21-18(16-9-5-2-6-10-16)19(22)20-17(15-11-12-15)13-14-7-3-1-4-8-14/h1-10,15,17-18,21H,11-13H2,(H,20,22). The zero-order valence-electron chi connectivity index (χ0n) is 12.5. The second-order valence-electron chi connectivity index (χ2n) is 5.96. The Bertz CT molecular complexity index is 608. The Labute approximate surface area is 131 Å². The van der Waals surface area contributed by atoms with Crippen molar-refractivity contribution in [2.45, 2.75) is 31.4 Å². The number of hydrogen-bond donors (Lipinski definition) is 2. The zero-order valence-corrected chi connectivity index (χ0v) is 12.5. The van der Waals surface area contributed by atoms with Gasteiger partial charge in [-0.1, -0.05) is 60.7 Å². The minimum Gasteiger partial charge on any atom is -0.378 e. The van der Waals surface area contributed by atoms with E-state index in [1.807, 2.05) is 36.4 Å². The summed E-state index contributed by atoms with van der Waals surface area (Å²) in [7, 11) is 0. The summed E-state index contributed by atoms with van der Waals surface area (Å²) in [5.41, 5.74) is 1.85. The summed E-state index contributed by atoms with van der Waals surface area (Å²) in [5, 5.41) is 13.2. The first kappa shape index (κ1) is 14.8. The fraction of sp³-hybridized carbons (Fsp3) is 0.316. The summed E-state index contributed by atoms with van der Waals surface area (Å²) >= 11 is 0. The predicted octanol–water partition coefficient (Wildman–Crippen LogP) is 2.86. The van der Waals surface area contributed by atoms with E-state index in [1.54, 1.807) is 12.1 Å². The molecule has 3 heteroatoms. The Balaban J connectivity index is 1.65. The van der Waals surface area contributed by atoms with Crippen LogP contribution in [0.15, 0.2) is 60.7 Å². The average molecular weight is 295 g/mol. The van der Waals surface area contributed by atoms with Gasteiger partial charge in [-0.15, -0.1) is 0 Å². The molecular weight excluding hydrogens is 274 g/mol. The average Bonchev–Trinajstić information content (AvgIpc) is 3.40. The maximum Gasteiger partial charge on any atom is 0.253 e. The number of aliphatic hydroxyl groups is 1. The predicted molar refractivity (Wildman–Crippen MR) is 86.2 cm³/mol. The molecule has 2 unspecified atom stereocenters. The Kier molecular flexibility index (Phi) is 4.54. The van der Waals surface area contributed by atoms with E-state index < -0.39 is 6.10 Å². The summed E-state index contributed by atoms with van der Waals surface area (Å²) in [6.07, 6.45) is 2.02. The lowest BCUT2D eigenvalue weighted by Crippen LogP contribution is -2.40. The second kappa shape index (κ2) is 6.75. The van der Waals surface area contributed by atoms with Crippen molar-refractivity contribution in [3.8, 4) is 0 Å². The molecule has 0 aliphatic heterocycles. The smallest absolute Gasteiger partial charge is 0.253 e. The molecule has 0 bridgehead atoms. The number of rotatable bonds is 6. The van der Waals surface area contributed by atoms with E-state index in [2.05, 4.69) is 17.4 Å². The number of amides is 1. The van der Waals surface area contributed by atoms with Crippen LogP contribution in [-0.4, -0.2) is 17.1 Å². The number of carbonyl (C=O) groups is 1. The van der Waals surface area contributed by atoms with Crippen molar-refractivity contribution in [3.63, 3.8) is 0 Å². The molecule has 22 heavy (non-hydrogen) atoms. The maximum atomic E-state index is 12.3. The molecule has 2 atom stereocenters. The molecule has 3 rings (SSSR count). The van der Waals surface area contributed by atoms with Crippen molar-refractivity contribution >= 4 is 5.91 Å². The van der Waals surface area contributed by atoms with E-state index in [1.165, 1.54) is 5.56 Å². The molecule has 3 nitrogen and oxygen atoms in total. The first-order valence-corrected chi connectivity index (χ1v) is 7.81. The maximum absolute atomic E-state index is 12.3. The molecule has 0 spiro atoms. The van der Waals surface area contributed by atoms with Crippen LogP contribution in [-0.2, 0) is 11.2 Å². The van der Waals surface area contributed by atoms with Gasteiger partial charge in [0.05, 0.1) is 0 Å². The van der Waals surface area contributed by atoms with Crippen LogP contribution in [0.5, 0.6) is 0 Å². The molecule has 0 heterocycles. The van der Waals surface area contributed by atoms with Crippen molar-refractivity contribution in [2.75, 3.05) is 0 Å². The number of nitrogens with one attached hydrogen (secondary N) is 1. The largest absolute Gasteiger partial charge is 0.378 e. The van der Waals surface area contributed by atoms with Gasteiger partial charge in [-0.2, -0.15) is 0 Å². The Hall–Kier alpha value is -2.13. The molecule has 0 aromatic heterocycles. The van der Waals surface area contributed by atoms with E-state index in [-0.39, 0.29) is 11.9 Å². The summed E-state index contributed by atoms with van der Waals surface area (Å²) in [5.74, 6) is 0.228. The Morgan fingerprint density at radius 2 is 1.64 bits per heavy atom. The van der Waals surface area contributed by atoms with E-state index in [0.717, 1.165) is 19.3 Å². The van der Waals surface area contributed by atoms with Crippen LogP contribution in [0.1, 0.15) is 30.1 Å². The zero-order chi connectivity index (χ0) is 15.4. The van der Waals surface area contributed by atoms with E-state index in [9.17, 15) is 9.90 Å². The van der Waals surface area contributed by atoms with Crippen LogP contribution < -0.4 is 5.32 Å². The van der Waals surface area contributed by atoms with E-state index >= 15 is 0 Å². The highest BCUT2D eigenvalue weighted by molar-refractivity contribution is 5.82. The Morgan fingerprint density at radius 1 is 1.05 bits per heavy atom.